The molecule has 0 aliphatic rings. The van der Waals surface area contributed by atoms with Gasteiger partial charge in [-0.1, -0.05) is 51.5 Å². The Labute approximate surface area is 94.3 Å². The molecule has 0 rings (SSSR count). The van der Waals surface area contributed by atoms with E-state index in [1.807, 2.05) is 6.08 Å². The predicted octanol–water partition coefficient (Wildman–Crippen LogP) is 4.15. The topological polar surface area (TPSA) is 17.1 Å². The van der Waals surface area contributed by atoms with Gasteiger partial charge in [0.15, 0.2) is 0 Å². The number of hydrogen-bond acceptors (Lipinski definition) is 1. The smallest absolute Gasteiger partial charge is 0.123 e. The molecule has 0 heterocycles. The quantitative estimate of drug-likeness (QED) is 0.432. The van der Waals surface area contributed by atoms with Gasteiger partial charge < -0.3 is 4.79 Å². The van der Waals surface area contributed by atoms with Gasteiger partial charge in [-0.25, -0.2) is 0 Å². The molecule has 1 heteroatoms. The molecule has 0 aromatic rings. The molecule has 86 valence electrons. The van der Waals surface area contributed by atoms with Gasteiger partial charge in [0.1, 0.15) is 6.29 Å². The number of carbonyl (C=O) groups is 1. The van der Waals surface area contributed by atoms with Crippen molar-refractivity contribution < 1.29 is 4.79 Å². The Kier molecular flexibility index (Phi) is 9.15. The number of carbonyl (C=O) groups excluding carboxylic acids is 1. The summed E-state index contributed by atoms with van der Waals surface area (Å²) in [6, 6.07) is 0. The summed E-state index contributed by atoms with van der Waals surface area (Å²) in [4.78, 5) is 10.1. The van der Waals surface area contributed by atoms with E-state index in [2.05, 4.69) is 39.0 Å². The van der Waals surface area contributed by atoms with Crippen molar-refractivity contribution in [3.05, 3.63) is 24.3 Å². The van der Waals surface area contributed by atoms with Crippen molar-refractivity contribution >= 4 is 6.29 Å². The first kappa shape index (κ1) is 14.2. The molecule has 1 nitrogen and oxygen atoms in total. The van der Waals surface area contributed by atoms with Crippen LogP contribution in [0.25, 0.3) is 0 Å². The van der Waals surface area contributed by atoms with Gasteiger partial charge >= 0.3 is 0 Å². The molecular weight excluding hydrogens is 184 g/mol. The van der Waals surface area contributed by atoms with E-state index < -0.39 is 0 Å². The molecule has 0 radical (unpaired) electrons. The molecule has 0 saturated heterocycles. The van der Waals surface area contributed by atoms with Crippen molar-refractivity contribution in [1.82, 2.24) is 0 Å². The molecule has 2 unspecified atom stereocenters. The van der Waals surface area contributed by atoms with Crippen LogP contribution >= 0.6 is 0 Å². The van der Waals surface area contributed by atoms with Crippen LogP contribution < -0.4 is 0 Å². The van der Waals surface area contributed by atoms with Gasteiger partial charge in [-0.3, -0.25) is 0 Å². The lowest BCUT2D eigenvalue weighted by molar-refractivity contribution is -0.107. The molecule has 15 heavy (non-hydrogen) atoms. The van der Waals surface area contributed by atoms with Crippen LogP contribution in [0.3, 0.4) is 0 Å². The van der Waals surface area contributed by atoms with Crippen LogP contribution in [0.2, 0.25) is 0 Å². The Morgan fingerprint density at radius 2 is 1.73 bits per heavy atom. The average molecular weight is 208 g/mol. The Morgan fingerprint density at radius 1 is 1.07 bits per heavy atom. The van der Waals surface area contributed by atoms with Gasteiger partial charge in [-0.15, -0.1) is 0 Å². The minimum atomic E-state index is 0.537. The molecule has 0 aromatic heterocycles. The van der Waals surface area contributed by atoms with Crippen LogP contribution in [0.15, 0.2) is 24.3 Å². The third-order valence-corrected chi connectivity index (χ3v) is 2.41. The second kappa shape index (κ2) is 9.70. The molecule has 0 aliphatic heterocycles. The first-order chi connectivity index (χ1) is 7.20. The molecule has 0 amide bonds. The van der Waals surface area contributed by atoms with Gasteiger partial charge in [0.2, 0.25) is 0 Å². The summed E-state index contributed by atoms with van der Waals surface area (Å²) >= 11 is 0. The summed E-state index contributed by atoms with van der Waals surface area (Å²) in [5.74, 6) is 1.23. The molecule has 0 bridgehead atoms. The summed E-state index contributed by atoms with van der Waals surface area (Å²) < 4.78 is 0. The Morgan fingerprint density at radius 3 is 2.33 bits per heavy atom. The lowest BCUT2D eigenvalue weighted by atomic mass is 10.0. The minimum absolute atomic E-state index is 0.537. The highest BCUT2D eigenvalue weighted by Gasteiger charge is 1.95. The van der Waals surface area contributed by atoms with E-state index in [9.17, 15) is 4.79 Å². The maximum atomic E-state index is 10.1. The number of rotatable bonds is 8. The van der Waals surface area contributed by atoms with E-state index in [0.717, 1.165) is 12.7 Å². The summed E-state index contributed by atoms with van der Waals surface area (Å²) in [5, 5.41) is 0. The third kappa shape index (κ3) is 9.45. The Balaban J connectivity index is 3.68. The highest BCUT2D eigenvalue weighted by Crippen LogP contribution is 2.10. The lowest BCUT2D eigenvalue weighted by Crippen LogP contribution is -1.90. The van der Waals surface area contributed by atoms with E-state index in [-0.39, 0.29) is 0 Å². The van der Waals surface area contributed by atoms with Crippen molar-refractivity contribution in [3.8, 4) is 0 Å². The van der Waals surface area contributed by atoms with Crippen LogP contribution in [-0.2, 0) is 4.79 Å². The van der Waals surface area contributed by atoms with Crippen molar-refractivity contribution in [3.63, 3.8) is 0 Å². The van der Waals surface area contributed by atoms with Gasteiger partial charge in [0.25, 0.3) is 0 Å². The molecular formula is C14H24O. The molecule has 0 aliphatic carbocycles. The molecule has 0 spiro atoms. The van der Waals surface area contributed by atoms with E-state index in [0.29, 0.717) is 18.3 Å². The van der Waals surface area contributed by atoms with Crippen molar-refractivity contribution in [2.45, 2.75) is 46.5 Å². The maximum Gasteiger partial charge on any atom is 0.123 e. The van der Waals surface area contributed by atoms with Crippen LogP contribution in [0.1, 0.15) is 46.5 Å². The largest absolute Gasteiger partial charge is 0.303 e. The molecule has 0 N–H and O–H groups in total. The molecule has 0 fully saturated rings. The normalized spacial score (nSPS) is 15.9. The SMILES string of the molecule is CCCC(C)C=CCC(C)C=CCC=O. The third-order valence-electron chi connectivity index (χ3n) is 2.41. The van der Waals surface area contributed by atoms with E-state index in [4.69, 9.17) is 0 Å². The fourth-order valence-corrected chi connectivity index (χ4v) is 1.52. The summed E-state index contributed by atoms with van der Waals surface area (Å²) in [7, 11) is 0. The van der Waals surface area contributed by atoms with Crippen LogP contribution in [0.5, 0.6) is 0 Å². The first-order valence-corrected chi connectivity index (χ1v) is 5.97. The highest BCUT2D eigenvalue weighted by atomic mass is 16.1. The molecule has 2 atom stereocenters. The van der Waals surface area contributed by atoms with Crippen molar-refractivity contribution in [2.75, 3.05) is 0 Å². The minimum Gasteiger partial charge on any atom is -0.303 e. The second-order valence-corrected chi connectivity index (χ2v) is 4.24. The van der Waals surface area contributed by atoms with E-state index in [1.54, 1.807) is 0 Å². The number of aldehydes is 1. The monoisotopic (exact) mass is 208 g/mol. The van der Waals surface area contributed by atoms with Gasteiger partial charge in [0.05, 0.1) is 0 Å². The zero-order chi connectivity index (χ0) is 11.5. The lowest BCUT2D eigenvalue weighted by Gasteiger charge is -2.04. The maximum absolute atomic E-state index is 10.1. The fourth-order valence-electron chi connectivity index (χ4n) is 1.52. The highest BCUT2D eigenvalue weighted by molar-refractivity contribution is 5.51. The van der Waals surface area contributed by atoms with Crippen LogP contribution in [-0.4, -0.2) is 6.29 Å². The zero-order valence-electron chi connectivity index (χ0n) is 10.3. The Bertz CT molecular complexity index is 203. The predicted molar refractivity (Wildman–Crippen MR) is 66.8 cm³/mol. The van der Waals surface area contributed by atoms with Crippen LogP contribution in [0, 0.1) is 11.8 Å². The second-order valence-electron chi connectivity index (χ2n) is 4.24. The van der Waals surface area contributed by atoms with Gasteiger partial charge in [-0.05, 0) is 24.7 Å². The summed E-state index contributed by atoms with van der Waals surface area (Å²) in [6.45, 7) is 6.65. The first-order valence-electron chi connectivity index (χ1n) is 5.97. The zero-order valence-corrected chi connectivity index (χ0v) is 10.3. The average Bonchev–Trinajstić information content (AvgIpc) is 2.18. The van der Waals surface area contributed by atoms with E-state index >= 15 is 0 Å². The summed E-state index contributed by atoms with van der Waals surface area (Å²) in [5.41, 5.74) is 0. The molecule has 0 saturated carbocycles. The van der Waals surface area contributed by atoms with Gasteiger partial charge in [-0.2, -0.15) is 0 Å². The van der Waals surface area contributed by atoms with E-state index in [1.165, 1.54) is 12.8 Å². The number of allylic oxidation sites excluding steroid dienone is 4. The van der Waals surface area contributed by atoms with Crippen LogP contribution in [0.4, 0.5) is 0 Å². The van der Waals surface area contributed by atoms with Crippen molar-refractivity contribution in [2.24, 2.45) is 11.8 Å². The Hall–Kier alpha value is -0.850. The standard InChI is InChI=1S/C14H24O/c1-4-8-13(2)10-7-11-14(3)9-5-6-12-15/h5,7,9-10,12-14H,4,6,8,11H2,1-3H3. The van der Waals surface area contributed by atoms with Gasteiger partial charge in [0, 0.05) is 6.42 Å². The number of hydrogen-bond donors (Lipinski definition) is 0. The summed E-state index contributed by atoms with van der Waals surface area (Å²) in [6.07, 6.45) is 13.7. The van der Waals surface area contributed by atoms with Crippen molar-refractivity contribution in [1.29, 1.82) is 0 Å². The molecule has 0 aromatic carbocycles. The fraction of sp³-hybridized carbons (Fsp3) is 0.643.